The first-order chi connectivity index (χ1) is 13.5. The molecular formula is C20H24N6O2. The molecule has 3 heterocycles. The first-order valence-corrected chi connectivity index (χ1v) is 9.59. The SMILES string of the molecule is Cc1cc(=O)[nH]c(NC(=O)CN2CCC[C@H](Cc3nc4ccccc4[nH]3)C2)n1. The molecule has 146 valence electrons. The Hall–Kier alpha value is -3.00. The summed E-state index contributed by atoms with van der Waals surface area (Å²) in [5, 5.41) is 2.69. The summed E-state index contributed by atoms with van der Waals surface area (Å²) in [6, 6.07) is 9.43. The fourth-order valence-electron chi connectivity index (χ4n) is 3.85. The van der Waals surface area contributed by atoms with Gasteiger partial charge in [0.1, 0.15) is 5.82 Å². The number of nitrogens with one attached hydrogen (secondary N) is 3. The molecule has 0 spiro atoms. The number of carbonyl (C=O) groups is 1. The van der Waals surface area contributed by atoms with Gasteiger partial charge in [-0.25, -0.2) is 9.97 Å². The van der Waals surface area contributed by atoms with Crippen molar-refractivity contribution < 1.29 is 4.79 Å². The lowest BCUT2D eigenvalue weighted by molar-refractivity contribution is -0.117. The summed E-state index contributed by atoms with van der Waals surface area (Å²) in [6.45, 7) is 3.75. The standard InChI is InChI=1S/C20H24N6O2/c1-13-9-18(27)24-20(21-13)25-19(28)12-26-8-4-5-14(11-26)10-17-22-15-6-2-3-7-16(15)23-17/h2-3,6-7,9,14H,4-5,8,10-12H2,1H3,(H,22,23)(H2,21,24,25,27,28)/t14-/m1/s1. The van der Waals surface area contributed by atoms with E-state index in [4.69, 9.17) is 0 Å². The van der Waals surface area contributed by atoms with Gasteiger partial charge in [0.25, 0.3) is 5.56 Å². The van der Waals surface area contributed by atoms with Gasteiger partial charge in [0, 0.05) is 24.7 Å². The monoisotopic (exact) mass is 380 g/mol. The van der Waals surface area contributed by atoms with Crippen LogP contribution >= 0.6 is 0 Å². The Kier molecular flexibility index (Phi) is 5.21. The van der Waals surface area contributed by atoms with E-state index in [0.29, 0.717) is 11.6 Å². The zero-order chi connectivity index (χ0) is 19.5. The topological polar surface area (TPSA) is 107 Å². The van der Waals surface area contributed by atoms with Gasteiger partial charge in [0.2, 0.25) is 11.9 Å². The van der Waals surface area contributed by atoms with Gasteiger partial charge >= 0.3 is 0 Å². The van der Waals surface area contributed by atoms with Crippen LogP contribution in [-0.2, 0) is 11.2 Å². The van der Waals surface area contributed by atoms with Gasteiger partial charge in [-0.05, 0) is 44.4 Å². The lowest BCUT2D eigenvalue weighted by atomic mass is 9.94. The molecule has 1 amide bonds. The van der Waals surface area contributed by atoms with Gasteiger partial charge in [0.05, 0.1) is 17.6 Å². The molecule has 0 unspecified atom stereocenters. The summed E-state index contributed by atoms with van der Waals surface area (Å²) in [7, 11) is 0. The van der Waals surface area contributed by atoms with Gasteiger partial charge in [0.15, 0.2) is 0 Å². The number of likely N-dealkylation sites (tertiary alicyclic amines) is 1. The van der Waals surface area contributed by atoms with E-state index in [1.54, 1.807) is 6.92 Å². The van der Waals surface area contributed by atoms with E-state index in [-0.39, 0.29) is 24.0 Å². The highest BCUT2D eigenvalue weighted by molar-refractivity contribution is 5.90. The summed E-state index contributed by atoms with van der Waals surface area (Å²) in [6.07, 6.45) is 3.05. The van der Waals surface area contributed by atoms with E-state index in [2.05, 4.69) is 30.2 Å². The van der Waals surface area contributed by atoms with E-state index >= 15 is 0 Å². The molecule has 28 heavy (non-hydrogen) atoms. The average Bonchev–Trinajstić information content (AvgIpc) is 3.03. The quantitative estimate of drug-likeness (QED) is 0.626. The van der Waals surface area contributed by atoms with Crippen molar-refractivity contribution in [2.24, 2.45) is 5.92 Å². The summed E-state index contributed by atoms with van der Waals surface area (Å²) in [5.74, 6) is 1.49. The minimum Gasteiger partial charge on any atom is -0.342 e. The number of fused-ring (bicyclic) bond motifs is 1. The fourth-order valence-corrected chi connectivity index (χ4v) is 3.85. The van der Waals surface area contributed by atoms with Crippen LogP contribution in [0.3, 0.4) is 0 Å². The van der Waals surface area contributed by atoms with Crippen molar-refractivity contribution in [2.75, 3.05) is 25.0 Å². The molecule has 3 N–H and O–H groups in total. The molecule has 8 nitrogen and oxygen atoms in total. The first-order valence-electron chi connectivity index (χ1n) is 9.59. The van der Waals surface area contributed by atoms with Crippen LogP contribution in [0.15, 0.2) is 35.1 Å². The molecule has 0 bridgehead atoms. The van der Waals surface area contributed by atoms with Crippen molar-refractivity contribution in [3.63, 3.8) is 0 Å². The van der Waals surface area contributed by atoms with Crippen molar-refractivity contribution in [3.8, 4) is 0 Å². The second-order valence-corrected chi connectivity index (χ2v) is 7.43. The molecule has 0 radical (unpaired) electrons. The highest BCUT2D eigenvalue weighted by Gasteiger charge is 2.23. The number of benzene rings is 1. The number of aromatic nitrogens is 4. The van der Waals surface area contributed by atoms with E-state index < -0.39 is 0 Å². The maximum atomic E-state index is 12.4. The molecule has 8 heteroatoms. The highest BCUT2D eigenvalue weighted by atomic mass is 16.2. The Morgan fingerprint density at radius 2 is 2.14 bits per heavy atom. The van der Waals surface area contributed by atoms with Crippen LogP contribution in [0.2, 0.25) is 0 Å². The molecule has 2 aromatic heterocycles. The number of carbonyl (C=O) groups excluding carboxylic acids is 1. The minimum absolute atomic E-state index is 0.168. The molecule has 1 saturated heterocycles. The maximum Gasteiger partial charge on any atom is 0.252 e. The summed E-state index contributed by atoms with van der Waals surface area (Å²) < 4.78 is 0. The van der Waals surface area contributed by atoms with Crippen LogP contribution in [0.5, 0.6) is 0 Å². The smallest absolute Gasteiger partial charge is 0.252 e. The minimum atomic E-state index is -0.272. The molecule has 1 fully saturated rings. The van der Waals surface area contributed by atoms with Crippen LogP contribution in [0.4, 0.5) is 5.95 Å². The molecule has 0 aliphatic carbocycles. The first kappa shape index (κ1) is 18.4. The molecule has 1 aromatic carbocycles. The van der Waals surface area contributed by atoms with Crippen LogP contribution in [-0.4, -0.2) is 50.4 Å². The van der Waals surface area contributed by atoms with E-state index in [1.165, 1.54) is 6.07 Å². The highest BCUT2D eigenvalue weighted by Crippen LogP contribution is 2.21. The zero-order valence-corrected chi connectivity index (χ0v) is 15.9. The Morgan fingerprint density at radius 1 is 1.29 bits per heavy atom. The second-order valence-electron chi connectivity index (χ2n) is 7.43. The van der Waals surface area contributed by atoms with Gasteiger partial charge in [-0.3, -0.25) is 24.8 Å². The number of hydrogen-bond donors (Lipinski definition) is 3. The number of anilines is 1. The Morgan fingerprint density at radius 3 is 2.96 bits per heavy atom. The number of hydrogen-bond acceptors (Lipinski definition) is 5. The number of amides is 1. The Bertz CT molecular complexity index is 1010. The summed E-state index contributed by atoms with van der Waals surface area (Å²) in [5.41, 5.74) is 2.35. The van der Waals surface area contributed by atoms with Gasteiger partial charge in [-0.2, -0.15) is 0 Å². The third-order valence-corrected chi connectivity index (χ3v) is 5.02. The van der Waals surface area contributed by atoms with E-state index in [9.17, 15) is 9.59 Å². The number of aromatic amines is 2. The zero-order valence-electron chi connectivity index (χ0n) is 15.9. The maximum absolute atomic E-state index is 12.4. The van der Waals surface area contributed by atoms with Crippen molar-refractivity contribution in [1.82, 2.24) is 24.8 Å². The van der Waals surface area contributed by atoms with Crippen LogP contribution in [0, 0.1) is 12.8 Å². The molecule has 4 rings (SSSR count). The number of aryl methyl sites for hydroxylation is 1. The normalized spacial score (nSPS) is 17.7. The third kappa shape index (κ3) is 4.45. The van der Waals surface area contributed by atoms with Crippen molar-refractivity contribution in [3.05, 3.63) is 52.2 Å². The van der Waals surface area contributed by atoms with E-state index in [1.807, 2.05) is 24.3 Å². The predicted octanol–water partition coefficient (Wildman–Crippen LogP) is 1.85. The number of nitrogens with zero attached hydrogens (tertiary/aromatic N) is 3. The van der Waals surface area contributed by atoms with Crippen LogP contribution in [0.25, 0.3) is 11.0 Å². The van der Waals surface area contributed by atoms with Crippen LogP contribution < -0.4 is 10.9 Å². The molecular weight excluding hydrogens is 356 g/mol. The summed E-state index contributed by atoms with van der Waals surface area (Å²) >= 11 is 0. The predicted molar refractivity (Wildman–Crippen MR) is 107 cm³/mol. The lowest BCUT2D eigenvalue weighted by Crippen LogP contribution is -2.41. The van der Waals surface area contributed by atoms with Crippen molar-refractivity contribution in [1.29, 1.82) is 0 Å². The average molecular weight is 380 g/mol. The number of H-pyrrole nitrogens is 2. The molecule has 1 aliphatic rings. The number of imidazole rings is 1. The van der Waals surface area contributed by atoms with Crippen molar-refractivity contribution >= 4 is 22.9 Å². The van der Waals surface area contributed by atoms with Gasteiger partial charge < -0.3 is 4.98 Å². The molecule has 0 saturated carbocycles. The molecule has 1 aliphatic heterocycles. The number of rotatable bonds is 5. The number of para-hydroxylation sites is 2. The largest absolute Gasteiger partial charge is 0.342 e. The van der Waals surface area contributed by atoms with Gasteiger partial charge in [-0.1, -0.05) is 12.1 Å². The summed E-state index contributed by atoms with van der Waals surface area (Å²) in [4.78, 5) is 40.7. The Labute approximate surface area is 162 Å². The molecule has 1 atom stereocenters. The van der Waals surface area contributed by atoms with Crippen LogP contribution in [0.1, 0.15) is 24.4 Å². The van der Waals surface area contributed by atoms with E-state index in [0.717, 1.165) is 49.2 Å². The van der Waals surface area contributed by atoms with Crippen molar-refractivity contribution in [2.45, 2.75) is 26.2 Å². The van der Waals surface area contributed by atoms with Gasteiger partial charge in [-0.15, -0.1) is 0 Å². The third-order valence-electron chi connectivity index (χ3n) is 5.02. The molecule has 3 aromatic rings. The number of piperidine rings is 1. The fraction of sp³-hybridized carbons (Fsp3) is 0.400. The lowest BCUT2D eigenvalue weighted by Gasteiger charge is -2.31. The Balaban J connectivity index is 1.34. The second kappa shape index (κ2) is 7.93.